The summed E-state index contributed by atoms with van der Waals surface area (Å²) in [5, 5.41) is 2.09. The lowest BCUT2D eigenvalue weighted by molar-refractivity contribution is 0.575. The predicted molar refractivity (Wildman–Crippen MR) is 91.7 cm³/mol. The lowest BCUT2D eigenvalue weighted by atomic mass is 9.99. The lowest BCUT2D eigenvalue weighted by Gasteiger charge is -2.04. The van der Waals surface area contributed by atoms with Gasteiger partial charge in [0.1, 0.15) is 5.76 Å². The number of thiophene rings is 1. The first-order valence-corrected chi connectivity index (χ1v) is 8.00. The quantitative estimate of drug-likeness (QED) is 0.443. The van der Waals surface area contributed by atoms with Crippen LogP contribution in [0.1, 0.15) is 0 Å². The van der Waals surface area contributed by atoms with Gasteiger partial charge < -0.3 is 4.42 Å². The molecule has 1 radical (unpaired) electrons. The van der Waals surface area contributed by atoms with Gasteiger partial charge in [-0.2, -0.15) is 0 Å². The van der Waals surface area contributed by atoms with E-state index < -0.39 is 0 Å². The van der Waals surface area contributed by atoms with E-state index in [9.17, 15) is 0 Å². The van der Waals surface area contributed by atoms with Gasteiger partial charge in [0.15, 0.2) is 6.26 Å². The van der Waals surface area contributed by atoms with Crippen molar-refractivity contribution >= 4 is 11.3 Å². The maximum Gasteiger partial charge on any atom is 0.179 e. The second kappa shape index (κ2) is 5.66. The van der Waals surface area contributed by atoms with Crippen LogP contribution >= 0.6 is 11.3 Å². The standard InChI is InChI=1S/C20H13OS/c1-3-8-15(9-4-1)17-14-21-20(16-10-5-2-6-11-16)19(17)18-12-7-13-22-18/h1-13H. The van der Waals surface area contributed by atoms with Gasteiger partial charge in [-0.3, -0.25) is 0 Å². The average molecular weight is 301 g/mol. The van der Waals surface area contributed by atoms with Crippen molar-refractivity contribution in [3.05, 3.63) is 84.4 Å². The molecule has 0 aliphatic rings. The number of rotatable bonds is 3. The highest BCUT2D eigenvalue weighted by atomic mass is 32.1. The summed E-state index contributed by atoms with van der Waals surface area (Å²) in [4.78, 5) is 1.20. The summed E-state index contributed by atoms with van der Waals surface area (Å²) in [5.74, 6) is 0.877. The summed E-state index contributed by atoms with van der Waals surface area (Å²) in [6.07, 6.45) is 3.11. The molecule has 0 spiro atoms. The molecule has 0 saturated heterocycles. The van der Waals surface area contributed by atoms with Gasteiger partial charge >= 0.3 is 0 Å². The minimum Gasteiger partial charge on any atom is -0.451 e. The zero-order chi connectivity index (χ0) is 14.8. The molecule has 4 rings (SSSR count). The first-order valence-electron chi connectivity index (χ1n) is 7.12. The normalized spacial score (nSPS) is 10.7. The van der Waals surface area contributed by atoms with Crippen molar-refractivity contribution in [1.82, 2.24) is 0 Å². The summed E-state index contributed by atoms with van der Waals surface area (Å²) in [6, 6.07) is 24.7. The van der Waals surface area contributed by atoms with Gasteiger partial charge in [0.2, 0.25) is 0 Å². The van der Waals surface area contributed by atoms with E-state index in [0.29, 0.717) is 0 Å². The third-order valence-corrected chi connectivity index (χ3v) is 4.49. The molecule has 0 amide bonds. The van der Waals surface area contributed by atoms with Crippen molar-refractivity contribution in [2.45, 2.75) is 0 Å². The smallest absolute Gasteiger partial charge is 0.179 e. The predicted octanol–water partition coefficient (Wildman–Crippen LogP) is 6.14. The van der Waals surface area contributed by atoms with Gasteiger partial charge in [-0.05, 0) is 17.0 Å². The van der Waals surface area contributed by atoms with Crippen LogP contribution in [0.15, 0.2) is 82.6 Å². The van der Waals surface area contributed by atoms with Crippen LogP contribution in [0.3, 0.4) is 0 Å². The Hall–Kier alpha value is -2.58. The van der Waals surface area contributed by atoms with Gasteiger partial charge in [-0.25, -0.2) is 0 Å². The Morgan fingerprint density at radius 2 is 1.41 bits per heavy atom. The first-order chi connectivity index (χ1) is 10.9. The van der Waals surface area contributed by atoms with Crippen LogP contribution in [0.25, 0.3) is 32.9 Å². The van der Waals surface area contributed by atoms with E-state index in [1.807, 2.05) is 36.4 Å². The molecule has 0 N–H and O–H groups in total. The van der Waals surface area contributed by atoms with Crippen LogP contribution in [-0.4, -0.2) is 0 Å². The third kappa shape index (κ3) is 2.28. The van der Waals surface area contributed by atoms with Crippen molar-refractivity contribution < 1.29 is 4.42 Å². The molecule has 2 aromatic carbocycles. The molecule has 2 aromatic heterocycles. The molecule has 105 valence electrons. The van der Waals surface area contributed by atoms with Crippen molar-refractivity contribution in [3.63, 3.8) is 0 Å². The highest BCUT2D eigenvalue weighted by molar-refractivity contribution is 7.13. The molecule has 4 aromatic rings. The van der Waals surface area contributed by atoms with Gasteiger partial charge in [0.05, 0.1) is 0 Å². The molecule has 1 nitrogen and oxygen atoms in total. The van der Waals surface area contributed by atoms with Crippen LogP contribution in [-0.2, 0) is 0 Å². The van der Waals surface area contributed by atoms with Crippen LogP contribution in [0.5, 0.6) is 0 Å². The Labute approximate surface area is 133 Å². The molecule has 0 saturated carbocycles. The fourth-order valence-corrected chi connectivity index (χ4v) is 3.35. The van der Waals surface area contributed by atoms with E-state index in [-0.39, 0.29) is 0 Å². The van der Waals surface area contributed by atoms with E-state index >= 15 is 0 Å². The van der Waals surface area contributed by atoms with Crippen LogP contribution in [0.4, 0.5) is 0 Å². The summed E-state index contributed by atoms with van der Waals surface area (Å²) < 4.78 is 5.84. The SMILES string of the molecule is [c]1oc(-c2ccccc2)c(-c2cccs2)c1-c1ccccc1. The molecular weight excluding hydrogens is 288 g/mol. The molecule has 0 unspecified atom stereocenters. The highest BCUT2D eigenvalue weighted by Gasteiger charge is 2.19. The zero-order valence-electron chi connectivity index (χ0n) is 11.8. The minimum absolute atomic E-state index is 0.877. The second-order valence-electron chi connectivity index (χ2n) is 4.99. The Morgan fingerprint density at radius 3 is 2.05 bits per heavy atom. The average Bonchev–Trinajstić information content (AvgIpc) is 3.25. The Morgan fingerprint density at radius 1 is 0.727 bits per heavy atom. The van der Waals surface area contributed by atoms with Crippen LogP contribution in [0, 0.1) is 6.26 Å². The first kappa shape index (κ1) is 13.1. The van der Waals surface area contributed by atoms with Gasteiger partial charge in [-0.15, -0.1) is 11.3 Å². The molecule has 0 bridgehead atoms. The summed E-state index contributed by atoms with van der Waals surface area (Å²) in [5.41, 5.74) is 4.33. The maximum atomic E-state index is 5.84. The topological polar surface area (TPSA) is 13.1 Å². The third-order valence-electron chi connectivity index (χ3n) is 3.60. The maximum absolute atomic E-state index is 5.84. The molecule has 0 aliphatic heterocycles. The van der Waals surface area contributed by atoms with Crippen molar-refractivity contribution in [2.24, 2.45) is 0 Å². The van der Waals surface area contributed by atoms with Crippen LogP contribution in [0.2, 0.25) is 0 Å². The molecule has 2 heterocycles. The molecule has 0 atom stereocenters. The lowest BCUT2D eigenvalue weighted by Crippen LogP contribution is -1.81. The molecule has 2 heteroatoms. The van der Waals surface area contributed by atoms with E-state index in [0.717, 1.165) is 28.0 Å². The number of benzene rings is 2. The van der Waals surface area contributed by atoms with Crippen molar-refractivity contribution in [3.8, 4) is 32.9 Å². The number of hydrogen-bond acceptors (Lipinski definition) is 2. The Balaban J connectivity index is 1.96. The second-order valence-corrected chi connectivity index (χ2v) is 5.94. The summed E-state index contributed by atoms with van der Waals surface area (Å²) in [7, 11) is 0. The van der Waals surface area contributed by atoms with Crippen molar-refractivity contribution in [2.75, 3.05) is 0 Å². The number of furan rings is 1. The van der Waals surface area contributed by atoms with Gasteiger partial charge in [-0.1, -0.05) is 66.7 Å². The molecule has 22 heavy (non-hydrogen) atoms. The van der Waals surface area contributed by atoms with E-state index in [1.54, 1.807) is 11.3 Å². The highest BCUT2D eigenvalue weighted by Crippen LogP contribution is 2.42. The van der Waals surface area contributed by atoms with E-state index in [1.165, 1.54) is 4.88 Å². The van der Waals surface area contributed by atoms with E-state index in [2.05, 4.69) is 48.0 Å². The molecule has 0 fully saturated rings. The molecular formula is C20H13OS. The van der Waals surface area contributed by atoms with E-state index in [4.69, 9.17) is 4.42 Å². The number of hydrogen-bond donors (Lipinski definition) is 0. The largest absolute Gasteiger partial charge is 0.451 e. The monoisotopic (exact) mass is 301 g/mol. The van der Waals surface area contributed by atoms with Crippen molar-refractivity contribution in [1.29, 1.82) is 0 Å². The minimum atomic E-state index is 0.877. The summed E-state index contributed by atoms with van der Waals surface area (Å²) >= 11 is 1.72. The fraction of sp³-hybridized carbons (Fsp3) is 0. The Kier molecular flexibility index (Phi) is 3.37. The van der Waals surface area contributed by atoms with Gasteiger partial charge in [0, 0.05) is 21.6 Å². The Bertz CT molecular complexity index is 802. The van der Waals surface area contributed by atoms with Crippen LogP contribution < -0.4 is 0 Å². The fourth-order valence-electron chi connectivity index (χ4n) is 2.57. The van der Waals surface area contributed by atoms with Gasteiger partial charge in [0.25, 0.3) is 0 Å². The summed E-state index contributed by atoms with van der Waals surface area (Å²) in [6.45, 7) is 0. The molecule has 0 aliphatic carbocycles. The zero-order valence-corrected chi connectivity index (χ0v) is 12.6.